The second kappa shape index (κ2) is 9.15. The Labute approximate surface area is 175 Å². The highest BCUT2D eigenvalue weighted by Crippen LogP contribution is 2.24. The second-order valence-electron chi connectivity index (χ2n) is 7.22. The van der Waals surface area contributed by atoms with Crippen molar-refractivity contribution >= 4 is 17.0 Å². The van der Waals surface area contributed by atoms with Gasteiger partial charge in [-0.05, 0) is 48.6 Å². The van der Waals surface area contributed by atoms with Gasteiger partial charge in [0.15, 0.2) is 11.2 Å². The maximum Gasteiger partial charge on any atom is 0.265 e. The molecule has 0 amide bonds. The fourth-order valence-electron chi connectivity index (χ4n) is 3.38. The molecule has 2 heterocycles. The molecule has 0 aliphatic heterocycles. The first kappa shape index (κ1) is 19.5. The average molecular weight is 395 g/mol. The summed E-state index contributed by atoms with van der Waals surface area (Å²) in [7, 11) is 0. The van der Waals surface area contributed by atoms with Crippen LogP contribution in [0, 0.1) is 11.3 Å². The summed E-state index contributed by atoms with van der Waals surface area (Å²) in [6.07, 6.45) is 6.00. The Kier molecular flexibility index (Phi) is 5.95. The molecule has 0 saturated heterocycles. The van der Waals surface area contributed by atoms with Gasteiger partial charge in [-0.15, -0.1) is 0 Å². The quantitative estimate of drug-likeness (QED) is 0.280. The third-order valence-electron chi connectivity index (χ3n) is 5.04. The Morgan fingerprint density at radius 1 is 0.967 bits per heavy atom. The number of oxazole rings is 1. The molecule has 148 valence electrons. The monoisotopic (exact) mass is 395 g/mol. The minimum atomic E-state index is -0.0902. The number of hydrogen-bond acceptors (Lipinski definition) is 5. The molecule has 0 bridgehead atoms. The molecule has 5 heteroatoms. The van der Waals surface area contributed by atoms with Gasteiger partial charge in [-0.1, -0.05) is 48.9 Å². The number of hydrogen-bond donors (Lipinski definition) is 0. The number of aromatic nitrogens is 2. The summed E-state index contributed by atoms with van der Waals surface area (Å²) in [6, 6.07) is 21.5. The predicted octanol–water partition coefficient (Wildman–Crippen LogP) is 5.75. The van der Waals surface area contributed by atoms with Crippen molar-refractivity contribution in [3.05, 3.63) is 83.9 Å². The highest BCUT2D eigenvalue weighted by molar-refractivity contribution is 5.93. The van der Waals surface area contributed by atoms with Crippen LogP contribution in [0.15, 0.2) is 71.3 Å². The first-order valence-electron chi connectivity index (χ1n) is 10.1. The molecule has 0 unspecified atom stereocenters. The van der Waals surface area contributed by atoms with Crippen molar-refractivity contribution in [2.24, 2.45) is 0 Å². The van der Waals surface area contributed by atoms with Gasteiger partial charge in [0.1, 0.15) is 0 Å². The number of rotatable bonds is 8. The summed E-state index contributed by atoms with van der Waals surface area (Å²) in [4.78, 5) is 21.0. The van der Waals surface area contributed by atoms with E-state index in [0.29, 0.717) is 23.2 Å². The predicted molar refractivity (Wildman–Crippen MR) is 115 cm³/mol. The van der Waals surface area contributed by atoms with Crippen molar-refractivity contribution in [1.29, 1.82) is 5.26 Å². The summed E-state index contributed by atoms with van der Waals surface area (Å²) < 4.78 is 5.69. The molecule has 2 aromatic heterocycles. The lowest BCUT2D eigenvalue weighted by Gasteiger charge is -2.01. The lowest BCUT2D eigenvalue weighted by Crippen LogP contribution is -1.99. The van der Waals surface area contributed by atoms with Crippen molar-refractivity contribution in [2.75, 3.05) is 0 Å². The van der Waals surface area contributed by atoms with E-state index in [1.807, 2.05) is 36.4 Å². The van der Waals surface area contributed by atoms with E-state index in [-0.39, 0.29) is 11.7 Å². The van der Waals surface area contributed by atoms with Gasteiger partial charge in [-0.25, -0.2) is 4.98 Å². The van der Waals surface area contributed by atoms with Crippen molar-refractivity contribution < 1.29 is 9.21 Å². The molecule has 30 heavy (non-hydrogen) atoms. The molecule has 0 aliphatic carbocycles. The number of fused-ring (bicyclic) bond motifs is 1. The molecule has 0 radical (unpaired) electrons. The van der Waals surface area contributed by atoms with Crippen LogP contribution in [0.25, 0.3) is 22.4 Å². The van der Waals surface area contributed by atoms with E-state index in [1.165, 1.54) is 5.56 Å². The number of nitrogens with zero attached hydrogens (tertiary/aromatic N) is 3. The lowest BCUT2D eigenvalue weighted by molar-refractivity contribution is 0.0947. The molecule has 0 N–H and O–H groups in total. The Morgan fingerprint density at radius 2 is 1.77 bits per heavy atom. The molecule has 0 fully saturated rings. The molecule has 5 nitrogen and oxygen atoms in total. The number of benzene rings is 2. The molecular weight excluding hydrogens is 374 g/mol. The first-order chi connectivity index (χ1) is 14.7. The van der Waals surface area contributed by atoms with Crippen molar-refractivity contribution in [2.45, 2.75) is 32.1 Å². The minimum Gasteiger partial charge on any atom is -0.432 e. The largest absolute Gasteiger partial charge is 0.432 e. The Bertz CT molecular complexity index is 1190. The number of carbonyl (C=O) groups excluding carboxylic acids is 1. The average Bonchev–Trinajstić information content (AvgIpc) is 3.23. The SMILES string of the molecule is N#Cc1ccc(-c2cnc3nc(C(=O)CCCCCc4ccccc4)oc3c2)cc1. The fourth-order valence-corrected chi connectivity index (χ4v) is 3.38. The zero-order valence-corrected chi connectivity index (χ0v) is 16.5. The Hall–Kier alpha value is -3.78. The van der Waals surface area contributed by atoms with Gasteiger partial charge in [0.25, 0.3) is 5.89 Å². The van der Waals surface area contributed by atoms with Gasteiger partial charge in [-0.3, -0.25) is 4.79 Å². The highest BCUT2D eigenvalue weighted by Gasteiger charge is 2.15. The van der Waals surface area contributed by atoms with Crippen LogP contribution in [0.4, 0.5) is 0 Å². The van der Waals surface area contributed by atoms with Crippen LogP contribution in [0.5, 0.6) is 0 Å². The number of carbonyl (C=O) groups is 1. The van der Waals surface area contributed by atoms with Crippen LogP contribution in [-0.2, 0) is 6.42 Å². The molecule has 2 aromatic carbocycles. The molecule has 0 saturated carbocycles. The number of aryl methyl sites for hydroxylation is 1. The van der Waals surface area contributed by atoms with Crippen LogP contribution in [0.2, 0.25) is 0 Å². The smallest absolute Gasteiger partial charge is 0.265 e. The summed E-state index contributed by atoms with van der Waals surface area (Å²) in [5.74, 6) is 0.0326. The van der Waals surface area contributed by atoms with Crippen molar-refractivity contribution in [3.63, 3.8) is 0 Å². The van der Waals surface area contributed by atoms with Crippen molar-refractivity contribution in [1.82, 2.24) is 9.97 Å². The number of ketones is 1. The zero-order chi connectivity index (χ0) is 20.8. The van der Waals surface area contributed by atoms with Gasteiger partial charge in [0.2, 0.25) is 5.78 Å². The topological polar surface area (TPSA) is 79.8 Å². The summed E-state index contributed by atoms with van der Waals surface area (Å²) in [5, 5.41) is 8.92. The van der Waals surface area contributed by atoms with E-state index in [0.717, 1.165) is 36.8 Å². The van der Waals surface area contributed by atoms with Gasteiger partial charge in [0, 0.05) is 18.2 Å². The maximum absolute atomic E-state index is 12.5. The lowest BCUT2D eigenvalue weighted by atomic mass is 10.1. The van der Waals surface area contributed by atoms with Crippen molar-refractivity contribution in [3.8, 4) is 17.2 Å². The number of nitriles is 1. The Morgan fingerprint density at radius 3 is 2.53 bits per heavy atom. The van der Waals surface area contributed by atoms with Crippen LogP contribution in [0.1, 0.15) is 47.5 Å². The maximum atomic E-state index is 12.5. The highest BCUT2D eigenvalue weighted by atomic mass is 16.4. The summed E-state index contributed by atoms with van der Waals surface area (Å²) in [5.41, 5.74) is 4.62. The number of unbranched alkanes of at least 4 members (excludes halogenated alkanes) is 2. The molecule has 4 rings (SSSR count). The molecule has 0 spiro atoms. The molecular formula is C25H21N3O2. The van der Waals surface area contributed by atoms with E-state index in [1.54, 1.807) is 18.3 Å². The van der Waals surface area contributed by atoms with E-state index in [4.69, 9.17) is 9.68 Å². The van der Waals surface area contributed by atoms with E-state index in [9.17, 15) is 4.79 Å². The van der Waals surface area contributed by atoms with Crippen LogP contribution < -0.4 is 0 Å². The fraction of sp³-hybridized carbons (Fsp3) is 0.200. The van der Waals surface area contributed by atoms with Crippen LogP contribution in [0.3, 0.4) is 0 Å². The normalized spacial score (nSPS) is 10.8. The standard InChI is InChI=1S/C25H21N3O2/c26-16-19-11-13-20(14-12-19)21-15-23-24(27-17-21)28-25(30-23)22(29)10-6-2-5-9-18-7-3-1-4-8-18/h1,3-4,7-8,11-15,17H,2,5-6,9-10H2. The van der Waals surface area contributed by atoms with Crippen LogP contribution >= 0.6 is 0 Å². The third-order valence-corrected chi connectivity index (χ3v) is 5.04. The minimum absolute atomic E-state index is 0.0902. The number of Topliss-reactive ketones (excluding diaryl/α,β-unsaturated/α-hetero) is 1. The van der Waals surface area contributed by atoms with Gasteiger partial charge < -0.3 is 4.42 Å². The summed E-state index contributed by atoms with van der Waals surface area (Å²) >= 11 is 0. The molecule has 4 aromatic rings. The molecule has 0 aliphatic rings. The Balaban J connectivity index is 1.35. The summed E-state index contributed by atoms with van der Waals surface area (Å²) in [6.45, 7) is 0. The molecule has 0 atom stereocenters. The van der Waals surface area contributed by atoms with E-state index < -0.39 is 0 Å². The number of pyridine rings is 1. The van der Waals surface area contributed by atoms with E-state index in [2.05, 4.69) is 28.2 Å². The van der Waals surface area contributed by atoms with Gasteiger partial charge in [-0.2, -0.15) is 10.2 Å². The third kappa shape index (κ3) is 4.61. The van der Waals surface area contributed by atoms with E-state index >= 15 is 0 Å². The van der Waals surface area contributed by atoms with Crippen LogP contribution in [-0.4, -0.2) is 15.8 Å². The van der Waals surface area contributed by atoms with Gasteiger partial charge in [0.05, 0.1) is 11.6 Å². The second-order valence-corrected chi connectivity index (χ2v) is 7.22. The van der Waals surface area contributed by atoms with Gasteiger partial charge >= 0.3 is 0 Å². The zero-order valence-electron chi connectivity index (χ0n) is 16.5. The first-order valence-corrected chi connectivity index (χ1v) is 10.1.